The summed E-state index contributed by atoms with van der Waals surface area (Å²) in [5, 5.41) is 5.46. The smallest absolute Gasteiger partial charge is 0.331 e. The van der Waals surface area contributed by atoms with Crippen molar-refractivity contribution in [3.63, 3.8) is 0 Å². The molecule has 1 atom stereocenters. The van der Waals surface area contributed by atoms with Crippen molar-refractivity contribution in [1.82, 2.24) is 10.6 Å². The van der Waals surface area contributed by atoms with Crippen LogP contribution in [-0.4, -0.2) is 36.5 Å². The number of nitrogens with one attached hydrogen (secondary N) is 2. The molecule has 2 N–H and O–H groups in total. The Balaban J connectivity index is 2.06. The molecule has 0 aromatic carbocycles. The number of hydrogen-bond donors (Lipinski definition) is 2. The van der Waals surface area contributed by atoms with Gasteiger partial charge in [-0.25, -0.2) is 4.79 Å². The number of amides is 2. The lowest BCUT2D eigenvalue weighted by molar-refractivity contribution is -0.153. The first-order valence-electron chi connectivity index (χ1n) is 7.16. The van der Waals surface area contributed by atoms with Gasteiger partial charge in [-0.3, -0.25) is 9.59 Å². The van der Waals surface area contributed by atoms with Crippen LogP contribution in [0, 0.1) is 5.92 Å². The number of carbonyl (C=O) groups is 3. The molecular formula is C14H22N2O4. The van der Waals surface area contributed by atoms with E-state index in [0.29, 0.717) is 31.6 Å². The first-order chi connectivity index (χ1) is 9.47. The van der Waals surface area contributed by atoms with Crippen LogP contribution in [0.25, 0.3) is 0 Å². The molecule has 6 nitrogen and oxygen atoms in total. The third-order valence-electron chi connectivity index (χ3n) is 4.38. The Labute approximate surface area is 118 Å². The Kier molecular flexibility index (Phi) is 4.30. The van der Waals surface area contributed by atoms with Crippen LogP contribution in [0.4, 0.5) is 0 Å². The highest BCUT2D eigenvalue weighted by atomic mass is 16.5. The van der Waals surface area contributed by atoms with Crippen LogP contribution in [0.3, 0.4) is 0 Å². The number of esters is 1. The van der Waals surface area contributed by atoms with Crippen molar-refractivity contribution in [3.05, 3.63) is 0 Å². The number of carbonyl (C=O) groups excluding carboxylic acids is 3. The van der Waals surface area contributed by atoms with E-state index in [9.17, 15) is 14.4 Å². The highest BCUT2D eigenvalue weighted by molar-refractivity contribution is 5.94. The van der Waals surface area contributed by atoms with Gasteiger partial charge in [0.2, 0.25) is 11.8 Å². The first kappa shape index (κ1) is 14.8. The summed E-state index contributed by atoms with van der Waals surface area (Å²) in [7, 11) is 1.34. The maximum atomic E-state index is 12.2. The van der Waals surface area contributed by atoms with Crippen LogP contribution in [0.1, 0.15) is 45.4 Å². The molecule has 112 valence electrons. The zero-order chi connectivity index (χ0) is 14.8. The Bertz CT molecular complexity index is 413. The van der Waals surface area contributed by atoms with Gasteiger partial charge in [0.25, 0.3) is 0 Å². The summed E-state index contributed by atoms with van der Waals surface area (Å²) in [5.74, 6) is -0.233. The zero-order valence-electron chi connectivity index (χ0n) is 12.0. The molecule has 0 aromatic rings. The second-order valence-corrected chi connectivity index (χ2v) is 5.90. The highest BCUT2D eigenvalue weighted by Crippen LogP contribution is 2.33. The molecule has 0 radical (unpaired) electrons. The van der Waals surface area contributed by atoms with Gasteiger partial charge in [0, 0.05) is 6.42 Å². The minimum atomic E-state index is -0.925. The van der Waals surface area contributed by atoms with E-state index in [-0.39, 0.29) is 17.8 Å². The van der Waals surface area contributed by atoms with Gasteiger partial charge < -0.3 is 15.4 Å². The minimum absolute atomic E-state index is 0.116. The van der Waals surface area contributed by atoms with Gasteiger partial charge in [0.05, 0.1) is 7.11 Å². The summed E-state index contributed by atoms with van der Waals surface area (Å²) < 4.78 is 4.87. The zero-order valence-corrected chi connectivity index (χ0v) is 12.0. The molecule has 2 rings (SSSR count). The van der Waals surface area contributed by atoms with Crippen molar-refractivity contribution >= 4 is 17.8 Å². The predicted octanol–water partition coefficient (Wildman–Crippen LogP) is 0.503. The highest BCUT2D eigenvalue weighted by Gasteiger charge is 2.44. The van der Waals surface area contributed by atoms with E-state index in [1.54, 1.807) is 0 Å². The van der Waals surface area contributed by atoms with Gasteiger partial charge in [0.1, 0.15) is 11.6 Å². The van der Waals surface area contributed by atoms with Crippen molar-refractivity contribution < 1.29 is 19.1 Å². The standard InChI is InChI=1S/C14H22N2O4/c1-9-5-7-14(8-6-9,13(19)20-2)16-12(18)10-3-4-11(17)15-10/h9-10H,3-8H2,1-2H3,(H,15,17)(H,16,18). The second-order valence-electron chi connectivity index (χ2n) is 5.90. The summed E-state index contributed by atoms with van der Waals surface area (Å²) in [4.78, 5) is 35.5. The molecule has 0 bridgehead atoms. The average molecular weight is 282 g/mol. The van der Waals surface area contributed by atoms with Crippen LogP contribution in [-0.2, 0) is 19.1 Å². The van der Waals surface area contributed by atoms with Crippen molar-refractivity contribution in [3.8, 4) is 0 Å². The molecule has 2 fully saturated rings. The second kappa shape index (κ2) is 5.81. The topological polar surface area (TPSA) is 84.5 Å². The Morgan fingerprint density at radius 2 is 1.95 bits per heavy atom. The quantitative estimate of drug-likeness (QED) is 0.738. The summed E-state index contributed by atoms with van der Waals surface area (Å²) >= 11 is 0. The number of hydrogen-bond acceptors (Lipinski definition) is 4. The molecule has 1 saturated heterocycles. The molecule has 2 amide bonds. The van der Waals surface area contributed by atoms with E-state index >= 15 is 0 Å². The van der Waals surface area contributed by atoms with E-state index in [4.69, 9.17) is 4.74 Å². The summed E-state index contributed by atoms with van der Waals surface area (Å²) in [6, 6.07) is -0.525. The third-order valence-corrected chi connectivity index (χ3v) is 4.38. The van der Waals surface area contributed by atoms with Gasteiger partial charge >= 0.3 is 5.97 Å². The molecule has 2 aliphatic rings. The maximum absolute atomic E-state index is 12.2. The lowest BCUT2D eigenvalue weighted by atomic mass is 9.77. The van der Waals surface area contributed by atoms with Crippen LogP contribution in [0.15, 0.2) is 0 Å². The monoisotopic (exact) mass is 282 g/mol. The molecule has 20 heavy (non-hydrogen) atoms. The van der Waals surface area contributed by atoms with Crippen LogP contribution < -0.4 is 10.6 Å². The van der Waals surface area contributed by atoms with Gasteiger partial charge in [-0.2, -0.15) is 0 Å². The predicted molar refractivity (Wildman–Crippen MR) is 71.7 cm³/mol. The fourth-order valence-electron chi connectivity index (χ4n) is 2.96. The van der Waals surface area contributed by atoms with Crippen molar-refractivity contribution in [2.45, 2.75) is 57.0 Å². The van der Waals surface area contributed by atoms with Crippen molar-refractivity contribution in [1.29, 1.82) is 0 Å². The maximum Gasteiger partial charge on any atom is 0.331 e. The van der Waals surface area contributed by atoms with Crippen LogP contribution in [0.5, 0.6) is 0 Å². The molecule has 1 aliphatic carbocycles. The largest absolute Gasteiger partial charge is 0.467 e. The Morgan fingerprint density at radius 3 is 2.45 bits per heavy atom. The van der Waals surface area contributed by atoms with Gasteiger partial charge in [-0.15, -0.1) is 0 Å². The molecule has 0 spiro atoms. The van der Waals surface area contributed by atoms with Gasteiger partial charge in [0.15, 0.2) is 0 Å². The first-order valence-corrected chi connectivity index (χ1v) is 7.16. The molecular weight excluding hydrogens is 260 g/mol. The summed E-state index contributed by atoms with van der Waals surface area (Å²) in [6.45, 7) is 2.14. The lowest BCUT2D eigenvalue weighted by Gasteiger charge is -2.38. The summed E-state index contributed by atoms with van der Waals surface area (Å²) in [6.07, 6.45) is 3.79. The fourth-order valence-corrected chi connectivity index (χ4v) is 2.96. The van der Waals surface area contributed by atoms with Crippen LogP contribution in [0.2, 0.25) is 0 Å². The van der Waals surface area contributed by atoms with Crippen molar-refractivity contribution in [2.24, 2.45) is 5.92 Å². The van der Waals surface area contributed by atoms with E-state index in [1.165, 1.54) is 7.11 Å². The van der Waals surface area contributed by atoms with E-state index < -0.39 is 11.6 Å². The van der Waals surface area contributed by atoms with Crippen molar-refractivity contribution in [2.75, 3.05) is 7.11 Å². The SMILES string of the molecule is COC(=O)C1(NC(=O)C2CCC(=O)N2)CCC(C)CC1. The van der Waals surface area contributed by atoms with Crippen LogP contribution >= 0.6 is 0 Å². The number of rotatable bonds is 3. The number of methoxy groups -OCH3 is 1. The average Bonchev–Trinajstić information content (AvgIpc) is 2.87. The fraction of sp³-hybridized carbons (Fsp3) is 0.786. The Morgan fingerprint density at radius 1 is 1.30 bits per heavy atom. The minimum Gasteiger partial charge on any atom is -0.467 e. The molecule has 0 aromatic heterocycles. The van der Waals surface area contributed by atoms with E-state index in [0.717, 1.165) is 12.8 Å². The molecule has 1 aliphatic heterocycles. The van der Waals surface area contributed by atoms with E-state index in [2.05, 4.69) is 17.6 Å². The van der Waals surface area contributed by atoms with Gasteiger partial charge in [-0.1, -0.05) is 6.92 Å². The van der Waals surface area contributed by atoms with E-state index in [1.807, 2.05) is 0 Å². The van der Waals surface area contributed by atoms with Gasteiger partial charge in [-0.05, 0) is 38.0 Å². The normalized spacial score (nSPS) is 33.4. The summed E-state index contributed by atoms with van der Waals surface area (Å²) in [5.41, 5.74) is -0.925. The Hall–Kier alpha value is -1.59. The molecule has 1 heterocycles. The lowest BCUT2D eigenvalue weighted by Crippen LogP contribution is -2.59. The number of ether oxygens (including phenoxy) is 1. The molecule has 6 heteroatoms. The molecule has 1 unspecified atom stereocenters. The third kappa shape index (κ3) is 2.94. The molecule has 1 saturated carbocycles.